The summed E-state index contributed by atoms with van der Waals surface area (Å²) in [6, 6.07) is 0.0637. The maximum atomic E-state index is 10.7. The SMILES string of the molecule is CN(C1CCCC(C[O])C1)[SH](=O)=O. The van der Waals surface area contributed by atoms with E-state index in [-0.39, 0.29) is 18.6 Å². The van der Waals surface area contributed by atoms with E-state index in [0.717, 1.165) is 25.7 Å². The summed E-state index contributed by atoms with van der Waals surface area (Å²) in [6.45, 7) is -0.0695. The second-order valence-electron chi connectivity index (χ2n) is 3.66. The third-order valence-electron chi connectivity index (χ3n) is 2.78. The van der Waals surface area contributed by atoms with E-state index in [0.29, 0.717) is 0 Å². The van der Waals surface area contributed by atoms with Crippen molar-refractivity contribution in [2.75, 3.05) is 13.7 Å². The lowest BCUT2D eigenvalue weighted by molar-refractivity contribution is 0.102. The van der Waals surface area contributed by atoms with E-state index in [1.165, 1.54) is 4.31 Å². The normalized spacial score (nSPS) is 29.8. The lowest BCUT2D eigenvalue weighted by Crippen LogP contribution is -2.35. The van der Waals surface area contributed by atoms with Crippen LogP contribution in [0.1, 0.15) is 25.7 Å². The van der Waals surface area contributed by atoms with Gasteiger partial charge in [0.15, 0.2) is 0 Å². The highest BCUT2D eigenvalue weighted by Crippen LogP contribution is 2.26. The Balaban J connectivity index is 2.50. The first-order valence-electron chi connectivity index (χ1n) is 4.60. The Bertz CT molecular complexity index is 221. The first-order valence-corrected chi connectivity index (χ1v) is 5.73. The molecule has 0 spiro atoms. The molecule has 1 fully saturated rings. The largest absolute Gasteiger partial charge is 0.236 e. The van der Waals surface area contributed by atoms with Gasteiger partial charge >= 0.3 is 0 Å². The van der Waals surface area contributed by atoms with E-state index in [4.69, 9.17) is 0 Å². The topological polar surface area (TPSA) is 57.3 Å². The Labute approximate surface area is 80.6 Å². The maximum Gasteiger partial charge on any atom is 0.203 e. The highest BCUT2D eigenvalue weighted by molar-refractivity contribution is 7.69. The Kier molecular flexibility index (Phi) is 4.15. The molecule has 0 aromatic rings. The highest BCUT2D eigenvalue weighted by atomic mass is 32.2. The van der Waals surface area contributed by atoms with Crippen LogP contribution in [0.5, 0.6) is 0 Å². The number of hydrogen-bond acceptors (Lipinski definition) is 2. The van der Waals surface area contributed by atoms with Crippen LogP contribution in [-0.2, 0) is 16.0 Å². The molecule has 1 radical (unpaired) electrons. The fraction of sp³-hybridized carbons (Fsp3) is 1.00. The van der Waals surface area contributed by atoms with E-state index in [1.807, 2.05) is 0 Å². The number of thiol groups is 1. The van der Waals surface area contributed by atoms with E-state index in [2.05, 4.69) is 0 Å². The minimum absolute atomic E-state index is 0.0637. The van der Waals surface area contributed by atoms with Crippen molar-refractivity contribution in [2.24, 2.45) is 5.92 Å². The van der Waals surface area contributed by atoms with Gasteiger partial charge in [-0.15, -0.1) is 0 Å². The summed E-state index contributed by atoms with van der Waals surface area (Å²) in [6.07, 6.45) is 3.58. The zero-order valence-corrected chi connectivity index (χ0v) is 8.70. The van der Waals surface area contributed by atoms with Crippen molar-refractivity contribution in [3.8, 4) is 0 Å². The van der Waals surface area contributed by atoms with Crippen LogP contribution in [0.15, 0.2) is 0 Å². The molecule has 2 unspecified atom stereocenters. The van der Waals surface area contributed by atoms with Gasteiger partial charge in [-0.25, -0.2) is 17.8 Å². The smallest absolute Gasteiger partial charge is 0.203 e. The van der Waals surface area contributed by atoms with Crippen molar-refractivity contribution < 1.29 is 13.5 Å². The quantitative estimate of drug-likeness (QED) is 0.681. The van der Waals surface area contributed by atoms with Crippen LogP contribution in [0.4, 0.5) is 0 Å². The van der Waals surface area contributed by atoms with E-state index >= 15 is 0 Å². The molecule has 0 saturated heterocycles. The molecule has 1 aliphatic carbocycles. The minimum Gasteiger partial charge on any atom is -0.236 e. The molecule has 5 heteroatoms. The van der Waals surface area contributed by atoms with Crippen LogP contribution in [0.25, 0.3) is 0 Å². The van der Waals surface area contributed by atoms with Gasteiger partial charge < -0.3 is 0 Å². The summed E-state index contributed by atoms with van der Waals surface area (Å²) in [5.41, 5.74) is 0. The zero-order valence-electron chi connectivity index (χ0n) is 7.81. The Morgan fingerprint density at radius 2 is 2.08 bits per heavy atom. The summed E-state index contributed by atoms with van der Waals surface area (Å²) in [5.74, 6) is 0.177. The van der Waals surface area contributed by atoms with Crippen LogP contribution >= 0.6 is 0 Å². The average Bonchev–Trinajstić information content (AvgIpc) is 2.16. The van der Waals surface area contributed by atoms with Gasteiger partial charge in [-0.05, 0) is 25.2 Å². The van der Waals surface area contributed by atoms with Gasteiger partial charge in [-0.1, -0.05) is 6.42 Å². The van der Waals surface area contributed by atoms with Crippen molar-refractivity contribution in [1.82, 2.24) is 4.31 Å². The van der Waals surface area contributed by atoms with Crippen LogP contribution in [0.2, 0.25) is 0 Å². The van der Waals surface area contributed by atoms with Crippen LogP contribution in [0, 0.1) is 5.92 Å². The Morgan fingerprint density at radius 1 is 1.38 bits per heavy atom. The van der Waals surface area contributed by atoms with Gasteiger partial charge in [-0.2, -0.15) is 0 Å². The molecule has 0 bridgehead atoms. The van der Waals surface area contributed by atoms with Gasteiger partial charge in [0.1, 0.15) is 0 Å². The molecular weight excluding hydrogens is 190 g/mol. The third kappa shape index (κ3) is 2.93. The monoisotopic (exact) mass is 206 g/mol. The number of nitrogens with zero attached hydrogens (tertiary/aromatic N) is 1. The molecule has 0 aromatic heterocycles. The maximum absolute atomic E-state index is 10.7. The number of rotatable bonds is 3. The minimum atomic E-state index is -2.48. The first-order chi connectivity index (χ1) is 6.15. The first kappa shape index (κ1) is 10.9. The molecule has 0 aliphatic heterocycles. The van der Waals surface area contributed by atoms with Crippen molar-refractivity contribution in [3.05, 3.63) is 0 Å². The van der Waals surface area contributed by atoms with E-state index in [9.17, 15) is 13.5 Å². The van der Waals surface area contributed by atoms with Crippen LogP contribution in [0.3, 0.4) is 0 Å². The summed E-state index contributed by atoms with van der Waals surface area (Å²) in [7, 11) is -0.890. The van der Waals surface area contributed by atoms with Gasteiger partial charge in [0.25, 0.3) is 0 Å². The highest BCUT2D eigenvalue weighted by Gasteiger charge is 2.25. The van der Waals surface area contributed by atoms with Gasteiger partial charge in [0.05, 0.1) is 6.61 Å². The fourth-order valence-corrected chi connectivity index (χ4v) is 2.36. The van der Waals surface area contributed by atoms with Gasteiger partial charge in [-0.3, -0.25) is 0 Å². The molecule has 4 nitrogen and oxygen atoms in total. The average molecular weight is 206 g/mol. The third-order valence-corrected chi connectivity index (χ3v) is 3.62. The summed E-state index contributed by atoms with van der Waals surface area (Å²) in [5, 5.41) is 10.7. The lowest BCUT2D eigenvalue weighted by Gasteiger charge is -2.30. The molecular formula is C8H16NO3S. The van der Waals surface area contributed by atoms with Gasteiger partial charge in [0.2, 0.25) is 10.9 Å². The summed E-state index contributed by atoms with van der Waals surface area (Å²) < 4.78 is 22.7. The van der Waals surface area contributed by atoms with Crippen molar-refractivity contribution >= 4 is 10.9 Å². The zero-order chi connectivity index (χ0) is 9.84. The fourth-order valence-electron chi connectivity index (χ4n) is 1.89. The number of hydrogen-bond donors (Lipinski definition) is 1. The van der Waals surface area contributed by atoms with E-state index < -0.39 is 10.9 Å². The summed E-state index contributed by atoms with van der Waals surface area (Å²) >= 11 is 0. The second-order valence-corrected chi connectivity index (χ2v) is 4.77. The Hall–Kier alpha value is -0.130. The summed E-state index contributed by atoms with van der Waals surface area (Å²) in [4.78, 5) is 0. The molecule has 1 aliphatic rings. The predicted octanol–water partition coefficient (Wildman–Crippen LogP) is 0.434. The molecule has 0 amide bonds. The molecule has 77 valence electrons. The molecule has 0 aromatic carbocycles. The van der Waals surface area contributed by atoms with Crippen LogP contribution in [-0.4, -0.2) is 32.4 Å². The molecule has 2 atom stereocenters. The molecule has 13 heavy (non-hydrogen) atoms. The standard InChI is InChI=1S/C8H16NO3S/c1-9(13(11)12)8-4-2-3-7(5-8)6-10/h7-8,13H,2-6H2,1H3. The molecule has 1 saturated carbocycles. The van der Waals surface area contributed by atoms with Gasteiger partial charge in [0, 0.05) is 13.1 Å². The lowest BCUT2D eigenvalue weighted by atomic mass is 9.86. The van der Waals surface area contributed by atoms with Crippen LogP contribution < -0.4 is 0 Å². The van der Waals surface area contributed by atoms with Crippen molar-refractivity contribution in [1.29, 1.82) is 0 Å². The Morgan fingerprint density at radius 3 is 2.62 bits per heavy atom. The van der Waals surface area contributed by atoms with E-state index in [1.54, 1.807) is 7.05 Å². The second kappa shape index (κ2) is 4.93. The molecule has 0 N–H and O–H groups in total. The molecule has 0 heterocycles. The van der Waals surface area contributed by atoms with Crippen molar-refractivity contribution in [3.63, 3.8) is 0 Å². The van der Waals surface area contributed by atoms with Crippen molar-refractivity contribution in [2.45, 2.75) is 31.7 Å². The predicted molar refractivity (Wildman–Crippen MR) is 49.4 cm³/mol. The molecule has 1 rings (SSSR count).